The fraction of sp³-hybridized carbons (Fsp3) is 0.765. The highest BCUT2D eigenvalue weighted by atomic mass is 16.2. The second-order valence-electron chi connectivity index (χ2n) is 6.89. The van der Waals surface area contributed by atoms with E-state index >= 15 is 0 Å². The summed E-state index contributed by atoms with van der Waals surface area (Å²) in [7, 11) is 0. The van der Waals surface area contributed by atoms with E-state index in [1.807, 2.05) is 13.8 Å². The summed E-state index contributed by atoms with van der Waals surface area (Å²) >= 11 is 0. The normalized spacial score (nSPS) is 16.6. The molecule has 0 aliphatic heterocycles. The minimum atomic E-state index is -0.781. The van der Waals surface area contributed by atoms with Crippen molar-refractivity contribution in [3.05, 3.63) is 0 Å². The van der Waals surface area contributed by atoms with Crippen molar-refractivity contribution in [2.45, 2.75) is 72.3 Å². The summed E-state index contributed by atoms with van der Waals surface area (Å²) in [5.41, 5.74) is 2.89. The van der Waals surface area contributed by atoms with Crippen molar-refractivity contribution < 1.29 is 14.4 Å². The topological polar surface area (TPSA) is 87.6 Å². The number of hydrogen-bond donors (Lipinski definition) is 2. The Morgan fingerprint density at radius 2 is 1.70 bits per heavy atom. The molecule has 0 aromatic heterocycles. The first kappa shape index (κ1) is 19.3. The zero-order valence-electron chi connectivity index (χ0n) is 14.6. The molecule has 1 fully saturated rings. The third kappa shape index (κ3) is 6.93. The van der Waals surface area contributed by atoms with Crippen molar-refractivity contribution in [1.29, 1.82) is 0 Å². The average molecular weight is 323 g/mol. The van der Waals surface area contributed by atoms with Crippen molar-refractivity contribution in [1.82, 2.24) is 10.7 Å². The van der Waals surface area contributed by atoms with Crippen LogP contribution in [0.4, 0.5) is 0 Å². The molecule has 6 nitrogen and oxygen atoms in total. The van der Waals surface area contributed by atoms with Crippen LogP contribution in [0.2, 0.25) is 0 Å². The first-order valence-corrected chi connectivity index (χ1v) is 8.46. The third-order valence-electron chi connectivity index (χ3n) is 3.92. The van der Waals surface area contributed by atoms with E-state index in [2.05, 4.69) is 15.8 Å². The van der Waals surface area contributed by atoms with Crippen LogP contribution in [-0.2, 0) is 14.4 Å². The summed E-state index contributed by atoms with van der Waals surface area (Å²) in [6.07, 6.45) is 5.42. The zero-order chi connectivity index (χ0) is 17.4. The molecule has 1 atom stereocenters. The lowest BCUT2D eigenvalue weighted by atomic mass is 9.88. The third-order valence-corrected chi connectivity index (χ3v) is 3.92. The predicted molar refractivity (Wildman–Crippen MR) is 89.9 cm³/mol. The van der Waals surface area contributed by atoms with Gasteiger partial charge in [-0.25, -0.2) is 5.43 Å². The van der Waals surface area contributed by atoms with Crippen LogP contribution < -0.4 is 10.7 Å². The maximum absolute atomic E-state index is 12.4. The lowest BCUT2D eigenvalue weighted by Gasteiger charge is -2.24. The molecule has 2 amide bonds. The summed E-state index contributed by atoms with van der Waals surface area (Å²) in [6.45, 7) is 7.36. The van der Waals surface area contributed by atoms with Crippen LogP contribution in [0, 0.1) is 11.8 Å². The number of amides is 2. The number of ketones is 1. The first-order chi connectivity index (χ1) is 10.8. The summed E-state index contributed by atoms with van der Waals surface area (Å²) in [4.78, 5) is 36.6. The van der Waals surface area contributed by atoms with E-state index in [1.165, 1.54) is 0 Å². The van der Waals surface area contributed by atoms with Crippen LogP contribution in [0.1, 0.15) is 66.2 Å². The first-order valence-electron chi connectivity index (χ1n) is 8.46. The Hall–Kier alpha value is -1.72. The Bertz CT molecular complexity index is 462. The standard InChI is InChI=1S/C17H29N3O3/c1-11(2)10-14(15(21)17(23)20-19-12(3)4)18-16(22)13-8-6-5-7-9-13/h11,13-14H,5-10H2,1-4H3,(H,18,22)(H,20,23)/t14-/m0/s1. The number of rotatable bonds is 7. The second kappa shape index (κ2) is 9.43. The van der Waals surface area contributed by atoms with Gasteiger partial charge in [-0.2, -0.15) is 5.10 Å². The molecule has 23 heavy (non-hydrogen) atoms. The van der Waals surface area contributed by atoms with E-state index < -0.39 is 17.7 Å². The van der Waals surface area contributed by atoms with Crippen LogP contribution in [0.15, 0.2) is 5.10 Å². The SMILES string of the molecule is CC(C)=NNC(=O)C(=O)[C@H](CC(C)C)NC(=O)C1CCCCC1. The number of hydrogen-bond acceptors (Lipinski definition) is 4. The number of nitrogens with one attached hydrogen (secondary N) is 2. The van der Waals surface area contributed by atoms with Crippen molar-refractivity contribution in [2.75, 3.05) is 0 Å². The molecule has 0 unspecified atom stereocenters. The molecule has 1 aliphatic rings. The summed E-state index contributed by atoms with van der Waals surface area (Å²) in [6, 6.07) is -0.781. The molecule has 1 aliphatic carbocycles. The van der Waals surface area contributed by atoms with Gasteiger partial charge >= 0.3 is 5.91 Å². The molecule has 0 saturated heterocycles. The molecule has 0 aromatic carbocycles. The molecule has 0 aromatic rings. The van der Waals surface area contributed by atoms with E-state index in [0.717, 1.165) is 32.1 Å². The molecule has 0 heterocycles. The Morgan fingerprint density at radius 1 is 1.09 bits per heavy atom. The molecule has 1 saturated carbocycles. The lowest BCUT2D eigenvalue weighted by Crippen LogP contribution is -2.49. The molecule has 6 heteroatoms. The van der Waals surface area contributed by atoms with Gasteiger partial charge in [-0.05, 0) is 39.0 Å². The van der Waals surface area contributed by atoms with E-state index in [1.54, 1.807) is 13.8 Å². The summed E-state index contributed by atoms with van der Waals surface area (Å²) in [5, 5.41) is 6.55. The molecule has 0 radical (unpaired) electrons. The van der Waals surface area contributed by atoms with Crippen LogP contribution >= 0.6 is 0 Å². The zero-order valence-corrected chi connectivity index (χ0v) is 14.6. The summed E-state index contributed by atoms with van der Waals surface area (Å²) < 4.78 is 0. The Kier molecular flexibility index (Phi) is 7.92. The fourth-order valence-electron chi connectivity index (χ4n) is 2.73. The lowest BCUT2D eigenvalue weighted by molar-refractivity contribution is -0.140. The van der Waals surface area contributed by atoms with E-state index in [-0.39, 0.29) is 17.7 Å². The molecular formula is C17H29N3O3. The largest absolute Gasteiger partial charge is 0.345 e. The van der Waals surface area contributed by atoms with Crippen molar-refractivity contribution >= 4 is 23.3 Å². The van der Waals surface area contributed by atoms with Crippen LogP contribution in [0.5, 0.6) is 0 Å². The molecule has 0 spiro atoms. The number of nitrogens with zero attached hydrogens (tertiary/aromatic N) is 1. The van der Waals surface area contributed by atoms with Crippen LogP contribution in [-0.4, -0.2) is 29.4 Å². The molecule has 0 bridgehead atoms. The van der Waals surface area contributed by atoms with Gasteiger partial charge in [0.15, 0.2) is 0 Å². The second-order valence-corrected chi connectivity index (χ2v) is 6.89. The highest BCUT2D eigenvalue weighted by molar-refractivity contribution is 6.38. The van der Waals surface area contributed by atoms with E-state index in [0.29, 0.717) is 12.1 Å². The van der Waals surface area contributed by atoms with Crippen molar-refractivity contribution in [2.24, 2.45) is 16.9 Å². The highest BCUT2D eigenvalue weighted by Gasteiger charge is 2.30. The van der Waals surface area contributed by atoms with Gasteiger partial charge in [0.05, 0.1) is 6.04 Å². The van der Waals surface area contributed by atoms with Gasteiger partial charge in [-0.1, -0.05) is 33.1 Å². The molecule has 1 rings (SSSR count). The van der Waals surface area contributed by atoms with Crippen LogP contribution in [0.25, 0.3) is 0 Å². The smallest absolute Gasteiger partial charge is 0.309 e. The fourth-order valence-corrected chi connectivity index (χ4v) is 2.73. The van der Waals surface area contributed by atoms with Gasteiger partial charge < -0.3 is 5.32 Å². The van der Waals surface area contributed by atoms with Crippen molar-refractivity contribution in [3.8, 4) is 0 Å². The monoisotopic (exact) mass is 323 g/mol. The Morgan fingerprint density at radius 3 is 2.22 bits per heavy atom. The minimum absolute atomic E-state index is 0.0369. The van der Waals surface area contributed by atoms with E-state index in [9.17, 15) is 14.4 Å². The summed E-state index contributed by atoms with van der Waals surface area (Å²) in [5.74, 6) is -1.36. The maximum Gasteiger partial charge on any atom is 0.309 e. The predicted octanol–water partition coefficient (Wildman–Crippen LogP) is 2.18. The minimum Gasteiger partial charge on any atom is -0.345 e. The van der Waals surface area contributed by atoms with Gasteiger partial charge in [0, 0.05) is 11.6 Å². The number of carbonyl (C=O) groups excluding carboxylic acids is 3. The number of hydrazone groups is 1. The van der Waals surface area contributed by atoms with E-state index in [4.69, 9.17) is 0 Å². The van der Waals surface area contributed by atoms with Gasteiger partial charge in [0.25, 0.3) is 0 Å². The van der Waals surface area contributed by atoms with Gasteiger partial charge in [0.2, 0.25) is 11.7 Å². The average Bonchev–Trinajstić information content (AvgIpc) is 2.51. The molecule has 2 N–H and O–H groups in total. The number of Topliss-reactive ketones (excluding diaryl/α,β-unsaturated/α-hetero) is 1. The van der Waals surface area contributed by atoms with Gasteiger partial charge in [-0.3, -0.25) is 14.4 Å². The van der Waals surface area contributed by atoms with Crippen molar-refractivity contribution in [3.63, 3.8) is 0 Å². The van der Waals surface area contributed by atoms with Gasteiger partial charge in [0.1, 0.15) is 0 Å². The van der Waals surface area contributed by atoms with Crippen LogP contribution in [0.3, 0.4) is 0 Å². The quantitative estimate of drug-likeness (QED) is 0.427. The number of carbonyl (C=O) groups is 3. The maximum atomic E-state index is 12.4. The molecular weight excluding hydrogens is 294 g/mol. The highest BCUT2D eigenvalue weighted by Crippen LogP contribution is 2.24. The van der Waals surface area contributed by atoms with Gasteiger partial charge in [-0.15, -0.1) is 0 Å². The Balaban J connectivity index is 2.70. The Labute approximate surface area is 138 Å². The molecule has 130 valence electrons.